The molecule has 2 amide bonds. The highest BCUT2D eigenvalue weighted by Crippen LogP contribution is 2.46. The molecular formula is C29H36ClN5O4. The van der Waals surface area contributed by atoms with E-state index in [-0.39, 0.29) is 18.5 Å². The lowest BCUT2D eigenvalue weighted by molar-refractivity contribution is -0.00641. The Labute approximate surface area is 233 Å². The minimum atomic E-state index is -0.721. The molecule has 0 saturated heterocycles. The number of aromatic nitrogens is 4. The zero-order valence-electron chi connectivity index (χ0n) is 23.4. The van der Waals surface area contributed by atoms with Gasteiger partial charge in [0.05, 0.1) is 34.2 Å². The number of hydrogen-bond donors (Lipinski definition) is 0. The molecule has 2 saturated carbocycles. The van der Waals surface area contributed by atoms with E-state index in [1.165, 1.54) is 0 Å². The standard InChI is InChI=1S/C29H36ClN5O4/c1-28(2,3)38-26(36)34(27(37)39-29(4,5)6)15-17-12-19(13-17)35-16-20(24(33-35)18-10-11-18)23-14-31-25-21(30)8-7-9-22(25)32-23/h7-9,14,16-19H,10-13,15H2,1-6H3. The second kappa shape index (κ2) is 10.1. The molecule has 10 heteroatoms. The quantitative estimate of drug-likeness (QED) is 0.331. The van der Waals surface area contributed by atoms with Crippen LogP contribution in [0.5, 0.6) is 0 Å². The molecule has 2 fully saturated rings. The number of ether oxygens (including phenoxy) is 2. The Hall–Kier alpha value is -3.20. The van der Waals surface area contributed by atoms with Crippen molar-refractivity contribution < 1.29 is 19.1 Å². The number of carbonyl (C=O) groups is 2. The molecular weight excluding hydrogens is 518 g/mol. The van der Waals surface area contributed by atoms with E-state index in [1.54, 1.807) is 47.7 Å². The second-order valence-corrected chi connectivity index (χ2v) is 13.0. The molecule has 2 heterocycles. The van der Waals surface area contributed by atoms with Crippen molar-refractivity contribution >= 4 is 34.8 Å². The van der Waals surface area contributed by atoms with E-state index in [9.17, 15) is 9.59 Å². The molecule has 0 unspecified atom stereocenters. The maximum atomic E-state index is 12.9. The van der Waals surface area contributed by atoms with E-state index in [0.717, 1.165) is 53.1 Å². The van der Waals surface area contributed by atoms with Gasteiger partial charge in [-0.3, -0.25) is 9.67 Å². The molecule has 0 spiro atoms. The molecule has 5 rings (SSSR count). The third-order valence-corrected chi connectivity index (χ3v) is 7.08. The van der Waals surface area contributed by atoms with Crippen LogP contribution in [-0.2, 0) is 9.47 Å². The third kappa shape index (κ3) is 6.35. The second-order valence-electron chi connectivity index (χ2n) is 12.6. The Kier molecular flexibility index (Phi) is 7.07. The molecule has 2 aliphatic carbocycles. The van der Waals surface area contributed by atoms with E-state index in [4.69, 9.17) is 31.2 Å². The predicted octanol–water partition coefficient (Wildman–Crippen LogP) is 7.15. The van der Waals surface area contributed by atoms with Gasteiger partial charge in [0, 0.05) is 24.2 Å². The number of hydrogen-bond acceptors (Lipinski definition) is 7. The van der Waals surface area contributed by atoms with Crippen LogP contribution >= 0.6 is 11.6 Å². The predicted molar refractivity (Wildman–Crippen MR) is 149 cm³/mol. The number of amides is 2. The van der Waals surface area contributed by atoms with E-state index >= 15 is 0 Å². The summed E-state index contributed by atoms with van der Waals surface area (Å²) in [6.07, 6.45) is 6.26. The minimum Gasteiger partial charge on any atom is -0.443 e. The Morgan fingerprint density at radius 3 is 2.28 bits per heavy atom. The van der Waals surface area contributed by atoms with Crippen LogP contribution < -0.4 is 0 Å². The number of benzene rings is 1. The van der Waals surface area contributed by atoms with Gasteiger partial charge >= 0.3 is 12.2 Å². The molecule has 2 aliphatic rings. The first-order valence-corrected chi connectivity index (χ1v) is 13.9. The van der Waals surface area contributed by atoms with Crippen molar-refractivity contribution in [1.29, 1.82) is 0 Å². The highest BCUT2D eigenvalue weighted by molar-refractivity contribution is 6.34. The van der Waals surface area contributed by atoms with Crippen LogP contribution in [0.1, 0.15) is 84.9 Å². The van der Waals surface area contributed by atoms with E-state index in [1.807, 2.05) is 22.9 Å². The van der Waals surface area contributed by atoms with Crippen LogP contribution in [0.15, 0.2) is 30.6 Å². The normalized spacial score (nSPS) is 19.5. The van der Waals surface area contributed by atoms with Gasteiger partial charge < -0.3 is 9.47 Å². The summed E-state index contributed by atoms with van der Waals surface area (Å²) in [6, 6.07) is 5.77. The fourth-order valence-corrected chi connectivity index (χ4v) is 4.98. The fourth-order valence-electron chi connectivity index (χ4n) is 4.77. The Morgan fingerprint density at radius 2 is 1.69 bits per heavy atom. The smallest absolute Gasteiger partial charge is 0.419 e. The molecule has 2 aromatic heterocycles. The van der Waals surface area contributed by atoms with Crippen LogP contribution in [-0.4, -0.2) is 54.6 Å². The lowest BCUT2D eigenvalue weighted by Crippen LogP contribution is -2.47. The third-order valence-electron chi connectivity index (χ3n) is 6.78. The van der Waals surface area contributed by atoms with E-state index < -0.39 is 23.4 Å². The molecule has 9 nitrogen and oxygen atoms in total. The minimum absolute atomic E-state index is 0.120. The highest BCUT2D eigenvalue weighted by atomic mass is 35.5. The van der Waals surface area contributed by atoms with Crippen LogP contribution in [0.25, 0.3) is 22.3 Å². The Morgan fingerprint density at radius 1 is 1.05 bits per heavy atom. The summed E-state index contributed by atoms with van der Waals surface area (Å²) in [7, 11) is 0. The monoisotopic (exact) mass is 553 g/mol. The van der Waals surface area contributed by atoms with Crippen molar-refractivity contribution in [2.45, 2.75) is 90.4 Å². The maximum absolute atomic E-state index is 12.9. The summed E-state index contributed by atoms with van der Waals surface area (Å²) in [6.45, 7) is 10.9. The van der Waals surface area contributed by atoms with E-state index in [0.29, 0.717) is 16.5 Å². The van der Waals surface area contributed by atoms with Crippen LogP contribution in [0.4, 0.5) is 9.59 Å². The lowest BCUT2D eigenvalue weighted by Gasteiger charge is -2.38. The van der Waals surface area contributed by atoms with Gasteiger partial charge in [0.2, 0.25) is 0 Å². The van der Waals surface area contributed by atoms with E-state index in [2.05, 4.69) is 11.2 Å². The maximum Gasteiger partial charge on any atom is 0.419 e. The number of para-hydroxylation sites is 1. The molecule has 0 aliphatic heterocycles. The molecule has 1 aromatic carbocycles. The van der Waals surface area contributed by atoms with Gasteiger partial charge in [-0.05, 0) is 85.3 Å². The number of halogens is 1. The highest BCUT2D eigenvalue weighted by Gasteiger charge is 2.39. The van der Waals surface area contributed by atoms with Gasteiger partial charge in [0.1, 0.15) is 16.7 Å². The average Bonchev–Trinajstić information content (AvgIpc) is 3.54. The van der Waals surface area contributed by atoms with Crippen molar-refractivity contribution in [2.75, 3.05) is 6.54 Å². The van der Waals surface area contributed by atoms with Crippen LogP contribution in [0, 0.1) is 5.92 Å². The first kappa shape index (κ1) is 27.4. The van der Waals surface area contributed by atoms with Crippen molar-refractivity contribution in [1.82, 2.24) is 24.6 Å². The fraction of sp³-hybridized carbons (Fsp3) is 0.552. The van der Waals surface area contributed by atoms with Gasteiger partial charge in [0.15, 0.2) is 0 Å². The largest absolute Gasteiger partial charge is 0.443 e. The molecule has 0 atom stereocenters. The number of imide groups is 1. The lowest BCUT2D eigenvalue weighted by atomic mass is 9.80. The molecule has 0 bridgehead atoms. The number of fused-ring (bicyclic) bond motifs is 1. The number of carbonyl (C=O) groups excluding carboxylic acids is 2. The molecule has 0 N–H and O–H groups in total. The zero-order chi connectivity index (χ0) is 28.1. The van der Waals surface area contributed by atoms with Gasteiger partial charge in [-0.25, -0.2) is 19.5 Å². The van der Waals surface area contributed by atoms with Crippen molar-refractivity contribution in [2.24, 2.45) is 5.92 Å². The number of rotatable bonds is 5. The summed E-state index contributed by atoms with van der Waals surface area (Å²) in [4.78, 5) is 36.3. The van der Waals surface area contributed by atoms with Crippen LogP contribution in [0.2, 0.25) is 5.02 Å². The molecule has 0 radical (unpaired) electrons. The first-order chi connectivity index (χ1) is 18.3. The average molecular weight is 554 g/mol. The molecule has 208 valence electrons. The summed E-state index contributed by atoms with van der Waals surface area (Å²) in [5.74, 6) is 0.554. The SMILES string of the molecule is CC(C)(C)OC(=O)N(CC1CC(n2cc(-c3cnc4c(Cl)cccc4n3)c(C3CC3)n2)C1)C(=O)OC(C)(C)C. The van der Waals surface area contributed by atoms with Gasteiger partial charge in [0.25, 0.3) is 0 Å². The topological polar surface area (TPSA) is 99.4 Å². The first-order valence-electron chi connectivity index (χ1n) is 13.5. The Bertz CT molecular complexity index is 1370. The van der Waals surface area contributed by atoms with Gasteiger partial charge in [-0.2, -0.15) is 5.10 Å². The van der Waals surface area contributed by atoms with Crippen molar-refractivity contribution in [3.8, 4) is 11.3 Å². The van der Waals surface area contributed by atoms with Crippen LogP contribution in [0.3, 0.4) is 0 Å². The van der Waals surface area contributed by atoms with Crippen molar-refractivity contribution in [3.05, 3.63) is 41.3 Å². The van der Waals surface area contributed by atoms with Crippen molar-refractivity contribution in [3.63, 3.8) is 0 Å². The number of nitrogens with zero attached hydrogens (tertiary/aromatic N) is 5. The van der Waals surface area contributed by atoms with Gasteiger partial charge in [-0.15, -0.1) is 0 Å². The molecule has 3 aromatic rings. The zero-order valence-corrected chi connectivity index (χ0v) is 24.2. The van der Waals surface area contributed by atoms with Gasteiger partial charge in [-0.1, -0.05) is 17.7 Å². The summed E-state index contributed by atoms with van der Waals surface area (Å²) in [5, 5.41) is 5.56. The summed E-state index contributed by atoms with van der Waals surface area (Å²) < 4.78 is 13.0. The Balaban J connectivity index is 1.31. The summed E-state index contributed by atoms with van der Waals surface area (Å²) >= 11 is 6.29. The summed E-state index contributed by atoms with van der Waals surface area (Å²) in [5.41, 5.74) is 2.84. The molecule has 39 heavy (non-hydrogen) atoms.